The Morgan fingerprint density at radius 1 is 1.35 bits per heavy atom. The van der Waals surface area contributed by atoms with Gasteiger partial charge in [0.05, 0.1) is 0 Å². The van der Waals surface area contributed by atoms with E-state index in [9.17, 15) is 0 Å². The average Bonchev–Trinajstić information content (AvgIpc) is 2.41. The largest absolute Gasteiger partial charge is 0.402 e. The van der Waals surface area contributed by atoms with Gasteiger partial charge in [-0.05, 0) is 23.5 Å². The van der Waals surface area contributed by atoms with Crippen molar-refractivity contribution in [3.05, 3.63) is 60.7 Å². The molecule has 0 amide bonds. The fourth-order valence-corrected chi connectivity index (χ4v) is 2.22. The standard InChI is InChI=1S/C15H19OSi/c1-5-12(4)13-10-8-9-11-14(13)15(6-2,7-3)16-17/h6-12H,2-3,5H2,1,4H3. The highest BCUT2D eigenvalue weighted by Crippen LogP contribution is 2.34. The first kappa shape index (κ1) is 13.9. The first-order chi connectivity index (χ1) is 8.15. The molecule has 0 aliphatic carbocycles. The van der Waals surface area contributed by atoms with Crippen LogP contribution in [0.5, 0.6) is 0 Å². The minimum absolute atomic E-state index is 0.479. The highest BCUT2D eigenvalue weighted by molar-refractivity contribution is 5.98. The molecule has 0 saturated heterocycles. The molecule has 3 radical (unpaired) electrons. The fourth-order valence-electron chi connectivity index (χ4n) is 1.94. The van der Waals surface area contributed by atoms with E-state index < -0.39 is 5.60 Å². The third kappa shape index (κ3) is 2.59. The summed E-state index contributed by atoms with van der Waals surface area (Å²) in [6.45, 7) is 12.1. The minimum atomic E-state index is -0.670. The van der Waals surface area contributed by atoms with E-state index in [4.69, 9.17) is 4.43 Å². The zero-order chi connectivity index (χ0) is 12.9. The predicted molar refractivity (Wildman–Crippen MR) is 74.1 cm³/mol. The third-order valence-corrected chi connectivity index (χ3v) is 3.64. The van der Waals surface area contributed by atoms with Crippen molar-refractivity contribution >= 4 is 10.5 Å². The Hall–Kier alpha value is -1.12. The van der Waals surface area contributed by atoms with Crippen LogP contribution in [-0.4, -0.2) is 10.5 Å². The van der Waals surface area contributed by atoms with Crippen molar-refractivity contribution in [1.29, 1.82) is 0 Å². The molecule has 0 aliphatic rings. The van der Waals surface area contributed by atoms with Crippen LogP contribution < -0.4 is 0 Å². The maximum Gasteiger partial charge on any atom is 0.248 e. The number of hydrogen-bond donors (Lipinski definition) is 0. The molecule has 0 saturated carbocycles. The second-order valence-corrected chi connectivity index (χ2v) is 4.40. The summed E-state index contributed by atoms with van der Waals surface area (Å²) in [6.07, 6.45) is 4.60. The smallest absolute Gasteiger partial charge is 0.248 e. The Kier molecular flexibility index (Phi) is 4.91. The SMILES string of the molecule is C=CC(C=C)(O[Si])c1ccccc1C(C)CC. The van der Waals surface area contributed by atoms with Crippen molar-refractivity contribution in [1.82, 2.24) is 0 Å². The highest BCUT2D eigenvalue weighted by atomic mass is 28.2. The van der Waals surface area contributed by atoms with Crippen LogP contribution in [-0.2, 0) is 10.0 Å². The number of benzene rings is 1. The Labute approximate surface area is 108 Å². The second-order valence-electron chi connectivity index (χ2n) is 4.20. The van der Waals surface area contributed by atoms with E-state index >= 15 is 0 Å². The second kappa shape index (κ2) is 5.99. The molecule has 0 bridgehead atoms. The van der Waals surface area contributed by atoms with Gasteiger partial charge in [-0.15, -0.1) is 0 Å². The molecule has 1 aromatic carbocycles. The van der Waals surface area contributed by atoms with Crippen LogP contribution in [0.15, 0.2) is 49.6 Å². The van der Waals surface area contributed by atoms with Gasteiger partial charge >= 0.3 is 0 Å². The van der Waals surface area contributed by atoms with Crippen molar-refractivity contribution in [2.75, 3.05) is 0 Å². The average molecular weight is 243 g/mol. The van der Waals surface area contributed by atoms with E-state index in [1.54, 1.807) is 12.2 Å². The summed E-state index contributed by atoms with van der Waals surface area (Å²) in [6, 6.07) is 8.26. The topological polar surface area (TPSA) is 9.23 Å². The van der Waals surface area contributed by atoms with Crippen LogP contribution in [0.4, 0.5) is 0 Å². The van der Waals surface area contributed by atoms with Gasteiger partial charge in [-0.25, -0.2) is 0 Å². The summed E-state index contributed by atoms with van der Waals surface area (Å²) in [5.41, 5.74) is 1.69. The first-order valence-electron chi connectivity index (χ1n) is 5.86. The lowest BCUT2D eigenvalue weighted by Crippen LogP contribution is -2.25. The zero-order valence-corrected chi connectivity index (χ0v) is 11.6. The molecule has 89 valence electrons. The molecule has 0 spiro atoms. The first-order valence-corrected chi connectivity index (χ1v) is 6.27. The van der Waals surface area contributed by atoms with Gasteiger partial charge in [0.1, 0.15) is 5.60 Å². The number of rotatable bonds is 6. The molecule has 1 rings (SSSR count). The molecule has 0 heterocycles. The molecular weight excluding hydrogens is 224 g/mol. The lowest BCUT2D eigenvalue weighted by atomic mass is 9.84. The van der Waals surface area contributed by atoms with Crippen LogP contribution >= 0.6 is 0 Å². The normalized spacial score (nSPS) is 13.1. The van der Waals surface area contributed by atoms with Crippen molar-refractivity contribution in [3.8, 4) is 0 Å². The molecule has 1 nitrogen and oxygen atoms in total. The van der Waals surface area contributed by atoms with Gasteiger partial charge in [0.15, 0.2) is 0 Å². The van der Waals surface area contributed by atoms with Gasteiger partial charge in [0.25, 0.3) is 0 Å². The van der Waals surface area contributed by atoms with E-state index in [0.717, 1.165) is 12.0 Å². The summed E-state index contributed by atoms with van der Waals surface area (Å²) in [5, 5.41) is 0. The van der Waals surface area contributed by atoms with Crippen molar-refractivity contribution in [2.45, 2.75) is 31.8 Å². The van der Waals surface area contributed by atoms with Crippen LogP contribution in [0.25, 0.3) is 0 Å². The van der Waals surface area contributed by atoms with Crippen LogP contribution in [0.2, 0.25) is 0 Å². The maximum atomic E-state index is 5.43. The molecule has 0 fully saturated rings. The van der Waals surface area contributed by atoms with E-state index in [2.05, 4.69) is 55.7 Å². The molecule has 0 aliphatic heterocycles. The van der Waals surface area contributed by atoms with Crippen LogP contribution in [0, 0.1) is 0 Å². The molecule has 0 aromatic heterocycles. The van der Waals surface area contributed by atoms with Gasteiger partial charge in [-0.2, -0.15) is 0 Å². The van der Waals surface area contributed by atoms with Crippen molar-refractivity contribution in [3.63, 3.8) is 0 Å². The van der Waals surface area contributed by atoms with Gasteiger partial charge in [-0.3, -0.25) is 0 Å². The van der Waals surface area contributed by atoms with Gasteiger partial charge in [0.2, 0.25) is 10.5 Å². The summed E-state index contributed by atoms with van der Waals surface area (Å²) >= 11 is 0. The molecule has 2 heteroatoms. The maximum absolute atomic E-state index is 5.43. The lowest BCUT2D eigenvalue weighted by Gasteiger charge is -2.30. The summed E-state index contributed by atoms with van der Waals surface area (Å²) < 4.78 is 5.43. The van der Waals surface area contributed by atoms with E-state index in [-0.39, 0.29) is 0 Å². The monoisotopic (exact) mass is 243 g/mol. The van der Waals surface area contributed by atoms with Gasteiger partial charge in [0, 0.05) is 0 Å². The van der Waals surface area contributed by atoms with E-state index in [1.165, 1.54) is 5.56 Å². The fraction of sp³-hybridized carbons (Fsp3) is 0.333. The Morgan fingerprint density at radius 3 is 2.41 bits per heavy atom. The van der Waals surface area contributed by atoms with E-state index in [1.807, 2.05) is 6.07 Å². The zero-order valence-electron chi connectivity index (χ0n) is 10.6. The molecular formula is C15H19OSi. The van der Waals surface area contributed by atoms with Gasteiger partial charge < -0.3 is 4.43 Å². The Morgan fingerprint density at radius 2 is 1.94 bits per heavy atom. The highest BCUT2D eigenvalue weighted by Gasteiger charge is 2.27. The van der Waals surface area contributed by atoms with Gasteiger partial charge in [-0.1, -0.05) is 63.4 Å². The summed E-state index contributed by atoms with van der Waals surface area (Å²) in [5.74, 6) is 0.479. The van der Waals surface area contributed by atoms with Crippen molar-refractivity contribution in [2.24, 2.45) is 0 Å². The summed E-state index contributed by atoms with van der Waals surface area (Å²) in [4.78, 5) is 0. The quantitative estimate of drug-likeness (QED) is 0.544. The lowest BCUT2D eigenvalue weighted by molar-refractivity contribution is 0.191. The molecule has 1 aromatic rings. The molecule has 17 heavy (non-hydrogen) atoms. The molecule has 0 N–H and O–H groups in total. The van der Waals surface area contributed by atoms with Crippen LogP contribution in [0.3, 0.4) is 0 Å². The third-order valence-electron chi connectivity index (χ3n) is 3.30. The van der Waals surface area contributed by atoms with E-state index in [0.29, 0.717) is 5.92 Å². The Balaban J connectivity index is 3.38. The minimum Gasteiger partial charge on any atom is -0.402 e. The Bertz CT molecular complexity index is 390. The molecule has 1 unspecified atom stereocenters. The number of hydrogen-bond acceptors (Lipinski definition) is 1. The summed E-state index contributed by atoms with van der Waals surface area (Å²) in [7, 11) is 3.14. The predicted octanol–water partition coefficient (Wildman–Crippen LogP) is 3.87. The van der Waals surface area contributed by atoms with Crippen LogP contribution in [0.1, 0.15) is 37.3 Å². The van der Waals surface area contributed by atoms with Crippen molar-refractivity contribution < 1.29 is 4.43 Å². The molecule has 1 atom stereocenters.